The molecule has 22 heavy (non-hydrogen) atoms. The van der Waals surface area contributed by atoms with Gasteiger partial charge < -0.3 is 14.0 Å². The molecule has 3 rings (SSSR count). The van der Waals surface area contributed by atoms with Crippen LogP contribution in [0.15, 0.2) is 18.5 Å². The molecule has 7 nitrogen and oxygen atoms in total. The molecule has 0 saturated carbocycles. The van der Waals surface area contributed by atoms with Crippen molar-refractivity contribution in [3.8, 4) is 0 Å². The van der Waals surface area contributed by atoms with E-state index in [9.17, 15) is 4.79 Å². The van der Waals surface area contributed by atoms with E-state index in [1.54, 1.807) is 12.1 Å². The van der Waals surface area contributed by atoms with Gasteiger partial charge >= 0.3 is 13.1 Å². The lowest BCUT2D eigenvalue weighted by Gasteiger charge is -2.32. The average molecular weight is 303 g/mol. The summed E-state index contributed by atoms with van der Waals surface area (Å²) in [6, 6.07) is 3.46. The number of esters is 1. The Morgan fingerprint density at radius 2 is 1.86 bits per heavy atom. The Morgan fingerprint density at radius 1 is 1.23 bits per heavy atom. The molecule has 0 N–H and O–H groups in total. The van der Waals surface area contributed by atoms with Crippen molar-refractivity contribution >= 4 is 24.2 Å². The number of carbonyl (C=O) groups excluding carboxylic acids is 1. The summed E-state index contributed by atoms with van der Waals surface area (Å²) in [5.41, 5.74) is 0.612. The fourth-order valence-corrected chi connectivity index (χ4v) is 2.31. The molecule has 1 aliphatic heterocycles. The summed E-state index contributed by atoms with van der Waals surface area (Å²) in [4.78, 5) is 16.1. The topological polar surface area (TPSA) is 75.0 Å². The number of carbonyl (C=O) groups is 1. The quantitative estimate of drug-likeness (QED) is 0.604. The Hall–Kier alpha value is -1.93. The maximum atomic E-state index is 12.0. The lowest BCUT2D eigenvalue weighted by atomic mass is 9.79. The molecule has 1 saturated heterocycles. The summed E-state index contributed by atoms with van der Waals surface area (Å²) < 4.78 is 18.3. The number of hydrogen-bond donors (Lipinski definition) is 0. The Morgan fingerprint density at radius 3 is 2.45 bits per heavy atom. The maximum Gasteiger partial charge on any atom is 0.495 e. The molecule has 1 aliphatic rings. The summed E-state index contributed by atoms with van der Waals surface area (Å²) in [6.07, 6.45) is 1.38. The van der Waals surface area contributed by atoms with Gasteiger partial charge in [-0.3, -0.25) is 0 Å². The Bertz CT molecular complexity index is 725. The van der Waals surface area contributed by atoms with E-state index in [1.807, 2.05) is 27.7 Å². The van der Waals surface area contributed by atoms with E-state index in [1.165, 1.54) is 18.0 Å². The molecule has 3 heterocycles. The van der Waals surface area contributed by atoms with Gasteiger partial charge in [0.05, 0.1) is 18.3 Å². The second kappa shape index (κ2) is 4.79. The standard InChI is InChI=1S/C14H18BN3O4/c1-13(2)14(3,4)22-15(21-13)9-6-10(12(19)20-5)18-11(7-9)16-8-17-18/h6-8H,1-5H3. The van der Waals surface area contributed by atoms with Crippen LogP contribution in [0, 0.1) is 0 Å². The van der Waals surface area contributed by atoms with Crippen LogP contribution in [0.25, 0.3) is 5.65 Å². The van der Waals surface area contributed by atoms with Crippen LogP contribution in [0.2, 0.25) is 0 Å². The molecule has 2 aromatic heterocycles. The van der Waals surface area contributed by atoms with Crippen LogP contribution in [0.1, 0.15) is 38.2 Å². The van der Waals surface area contributed by atoms with E-state index in [-0.39, 0.29) is 5.69 Å². The summed E-state index contributed by atoms with van der Waals surface area (Å²) in [7, 11) is 0.752. The van der Waals surface area contributed by atoms with Crippen LogP contribution >= 0.6 is 0 Å². The molecule has 8 heteroatoms. The van der Waals surface area contributed by atoms with Crippen LogP contribution in [-0.4, -0.2) is 46.0 Å². The molecule has 0 amide bonds. The zero-order valence-electron chi connectivity index (χ0n) is 13.3. The molecule has 0 atom stereocenters. The van der Waals surface area contributed by atoms with Crippen molar-refractivity contribution in [1.82, 2.24) is 14.6 Å². The number of ether oxygens (including phenoxy) is 1. The lowest BCUT2D eigenvalue weighted by Crippen LogP contribution is -2.41. The number of hydrogen-bond acceptors (Lipinski definition) is 6. The van der Waals surface area contributed by atoms with Gasteiger partial charge in [-0.15, -0.1) is 0 Å². The van der Waals surface area contributed by atoms with Crippen LogP contribution in [0.4, 0.5) is 0 Å². The first kappa shape index (κ1) is 15.0. The van der Waals surface area contributed by atoms with Gasteiger partial charge in [-0.25, -0.2) is 14.3 Å². The zero-order valence-corrected chi connectivity index (χ0v) is 13.3. The van der Waals surface area contributed by atoms with Gasteiger partial charge in [-0.05, 0) is 45.3 Å². The van der Waals surface area contributed by atoms with E-state index in [4.69, 9.17) is 14.0 Å². The second-order valence-electron chi connectivity index (χ2n) is 6.28. The van der Waals surface area contributed by atoms with Crippen LogP contribution in [0.5, 0.6) is 0 Å². The van der Waals surface area contributed by atoms with Gasteiger partial charge in [0.2, 0.25) is 0 Å². The van der Waals surface area contributed by atoms with E-state index in [0.717, 1.165) is 0 Å². The third-order valence-corrected chi connectivity index (χ3v) is 4.32. The van der Waals surface area contributed by atoms with Gasteiger partial charge in [0.15, 0.2) is 11.3 Å². The normalized spacial score (nSPS) is 19.6. The van der Waals surface area contributed by atoms with Crippen molar-refractivity contribution in [2.24, 2.45) is 0 Å². The highest BCUT2D eigenvalue weighted by Gasteiger charge is 2.52. The van der Waals surface area contributed by atoms with Crippen molar-refractivity contribution in [3.05, 3.63) is 24.2 Å². The fraction of sp³-hybridized carbons (Fsp3) is 0.500. The van der Waals surface area contributed by atoms with Gasteiger partial charge in [0.1, 0.15) is 6.33 Å². The SMILES string of the molecule is COC(=O)c1cc(B2OC(C)(C)C(C)(C)O2)cc2ncnn12. The van der Waals surface area contributed by atoms with Crippen molar-refractivity contribution in [2.75, 3.05) is 7.11 Å². The second-order valence-corrected chi connectivity index (χ2v) is 6.28. The minimum atomic E-state index is -0.574. The number of methoxy groups -OCH3 is 1. The smallest absolute Gasteiger partial charge is 0.464 e. The largest absolute Gasteiger partial charge is 0.495 e. The minimum absolute atomic E-state index is 0.280. The monoisotopic (exact) mass is 303 g/mol. The first-order chi connectivity index (χ1) is 10.2. The summed E-state index contributed by atoms with van der Waals surface area (Å²) in [6.45, 7) is 7.90. The van der Waals surface area contributed by atoms with Crippen molar-refractivity contribution < 1.29 is 18.8 Å². The minimum Gasteiger partial charge on any atom is -0.464 e. The van der Waals surface area contributed by atoms with E-state index >= 15 is 0 Å². The first-order valence-electron chi connectivity index (χ1n) is 7.03. The molecule has 116 valence electrons. The molecule has 0 spiro atoms. The predicted octanol–water partition coefficient (Wildman–Crippen LogP) is 0.815. The highest BCUT2D eigenvalue weighted by molar-refractivity contribution is 6.62. The molecule has 2 aromatic rings. The van der Waals surface area contributed by atoms with Gasteiger partial charge in [-0.1, -0.05) is 0 Å². The number of fused-ring (bicyclic) bond motifs is 1. The summed E-state index contributed by atoms with van der Waals surface area (Å²) >= 11 is 0. The van der Waals surface area contributed by atoms with Gasteiger partial charge in [0, 0.05) is 0 Å². The number of nitrogens with zero attached hydrogens (tertiary/aromatic N) is 3. The van der Waals surface area contributed by atoms with Crippen LogP contribution in [-0.2, 0) is 14.0 Å². The third-order valence-electron chi connectivity index (χ3n) is 4.32. The highest BCUT2D eigenvalue weighted by Crippen LogP contribution is 2.36. The Kier molecular flexibility index (Phi) is 3.26. The predicted molar refractivity (Wildman–Crippen MR) is 80.0 cm³/mol. The maximum absolute atomic E-state index is 12.0. The van der Waals surface area contributed by atoms with Crippen molar-refractivity contribution in [2.45, 2.75) is 38.9 Å². The molecular weight excluding hydrogens is 285 g/mol. The molecular formula is C14H18BN3O4. The first-order valence-corrected chi connectivity index (χ1v) is 7.03. The fourth-order valence-electron chi connectivity index (χ4n) is 2.31. The molecule has 0 bridgehead atoms. The number of rotatable bonds is 2. The average Bonchev–Trinajstić information content (AvgIpc) is 2.99. The molecule has 1 fully saturated rings. The van der Waals surface area contributed by atoms with Crippen LogP contribution in [0.3, 0.4) is 0 Å². The zero-order chi connectivity index (χ0) is 16.1. The third kappa shape index (κ3) is 2.19. The van der Waals surface area contributed by atoms with E-state index in [2.05, 4.69) is 10.1 Å². The highest BCUT2D eigenvalue weighted by atomic mass is 16.7. The van der Waals surface area contributed by atoms with E-state index in [0.29, 0.717) is 11.1 Å². The van der Waals surface area contributed by atoms with Gasteiger partial charge in [-0.2, -0.15) is 5.10 Å². The van der Waals surface area contributed by atoms with Crippen molar-refractivity contribution in [1.29, 1.82) is 0 Å². The Labute approximate surface area is 128 Å². The lowest BCUT2D eigenvalue weighted by molar-refractivity contribution is 0.00578. The molecule has 0 aromatic carbocycles. The molecule has 0 radical (unpaired) electrons. The van der Waals surface area contributed by atoms with Gasteiger partial charge in [0.25, 0.3) is 0 Å². The number of aromatic nitrogens is 3. The number of pyridine rings is 1. The van der Waals surface area contributed by atoms with Crippen molar-refractivity contribution in [3.63, 3.8) is 0 Å². The molecule has 0 aliphatic carbocycles. The summed E-state index contributed by atoms with van der Waals surface area (Å²) in [5, 5.41) is 4.04. The van der Waals surface area contributed by atoms with Crippen LogP contribution < -0.4 is 5.46 Å². The Balaban J connectivity index is 2.07. The van der Waals surface area contributed by atoms with E-state index < -0.39 is 24.3 Å². The molecule has 0 unspecified atom stereocenters. The summed E-state index contributed by atoms with van der Waals surface area (Å²) in [5.74, 6) is -0.492.